The lowest BCUT2D eigenvalue weighted by molar-refractivity contribution is -0.384. The number of rotatable bonds is 2. The van der Waals surface area contributed by atoms with E-state index in [9.17, 15) is 14.5 Å². The van der Waals surface area contributed by atoms with Gasteiger partial charge in [-0.05, 0) is 6.07 Å². The summed E-state index contributed by atoms with van der Waals surface area (Å²) in [5, 5.41) is 10.8. The molecule has 1 aliphatic rings. The first-order valence-corrected chi connectivity index (χ1v) is 6.07. The second kappa shape index (κ2) is 4.69. The smallest absolute Gasteiger partial charge is 0.292 e. The Morgan fingerprint density at radius 3 is 2.94 bits per heavy atom. The maximum atomic E-state index is 13.7. The molecule has 1 saturated heterocycles. The highest BCUT2D eigenvalue weighted by atomic mass is 32.2. The monoisotopic (exact) mass is 242 g/mol. The minimum absolute atomic E-state index is 0.0305. The summed E-state index contributed by atoms with van der Waals surface area (Å²) in [6.07, 6.45) is -1.14. The van der Waals surface area contributed by atoms with Crippen molar-refractivity contribution in [1.82, 2.24) is 0 Å². The third-order valence-corrected chi connectivity index (χ3v) is 3.44. The molecule has 1 heterocycles. The Kier molecular flexibility index (Phi) is 3.28. The second-order valence-corrected chi connectivity index (χ2v) is 4.60. The molecule has 0 saturated carbocycles. The largest absolute Gasteiger partial charge is 0.335 e. The van der Waals surface area contributed by atoms with Gasteiger partial charge < -0.3 is 4.90 Å². The van der Waals surface area contributed by atoms with Gasteiger partial charge in [0, 0.05) is 24.1 Å². The molecule has 1 aliphatic heterocycles. The predicted molar refractivity (Wildman–Crippen MR) is 62.7 cm³/mol. The number of halogens is 1. The fourth-order valence-electron chi connectivity index (χ4n) is 1.71. The Morgan fingerprint density at radius 1 is 1.50 bits per heavy atom. The lowest BCUT2D eigenvalue weighted by Gasteiger charge is -2.31. The predicted octanol–water partition coefficient (Wildman–Crippen LogP) is 2.44. The van der Waals surface area contributed by atoms with E-state index in [0.29, 0.717) is 18.0 Å². The van der Waals surface area contributed by atoms with Gasteiger partial charge in [-0.2, -0.15) is 11.8 Å². The van der Waals surface area contributed by atoms with Crippen LogP contribution in [0.1, 0.15) is 0 Å². The minimum atomic E-state index is -1.14. The van der Waals surface area contributed by atoms with Crippen LogP contribution < -0.4 is 4.90 Å². The van der Waals surface area contributed by atoms with Crippen LogP contribution in [0.4, 0.5) is 15.8 Å². The van der Waals surface area contributed by atoms with Crippen molar-refractivity contribution in [3.63, 3.8) is 0 Å². The van der Waals surface area contributed by atoms with E-state index in [4.69, 9.17) is 0 Å². The van der Waals surface area contributed by atoms with Crippen LogP contribution >= 0.6 is 11.8 Å². The molecule has 16 heavy (non-hydrogen) atoms. The number of thioether (sulfide) groups is 1. The maximum Gasteiger partial charge on any atom is 0.292 e. The van der Waals surface area contributed by atoms with Gasteiger partial charge in [0.15, 0.2) is 6.30 Å². The summed E-state index contributed by atoms with van der Waals surface area (Å²) in [7, 11) is 0. The van der Waals surface area contributed by atoms with Gasteiger partial charge in [-0.15, -0.1) is 0 Å². The van der Waals surface area contributed by atoms with Crippen molar-refractivity contribution >= 4 is 23.1 Å². The fourth-order valence-corrected chi connectivity index (χ4v) is 2.57. The number of anilines is 1. The van der Waals surface area contributed by atoms with Crippen LogP contribution in [0.2, 0.25) is 0 Å². The molecule has 0 bridgehead atoms. The van der Waals surface area contributed by atoms with Crippen molar-refractivity contribution in [2.45, 2.75) is 6.30 Å². The molecule has 0 aromatic heterocycles. The Hall–Kier alpha value is -1.30. The molecule has 1 aromatic carbocycles. The molecular weight excluding hydrogens is 231 g/mol. The Balaban J connectivity index is 2.34. The summed E-state index contributed by atoms with van der Waals surface area (Å²) >= 11 is 1.53. The van der Waals surface area contributed by atoms with Crippen LogP contribution in [0.5, 0.6) is 0 Å². The number of nitro groups is 1. The van der Waals surface area contributed by atoms with E-state index >= 15 is 0 Å². The number of benzene rings is 1. The molecule has 1 unspecified atom stereocenters. The highest BCUT2D eigenvalue weighted by Gasteiger charge is 2.27. The van der Waals surface area contributed by atoms with Crippen molar-refractivity contribution in [2.75, 3.05) is 23.0 Å². The molecule has 0 amide bonds. The van der Waals surface area contributed by atoms with Crippen molar-refractivity contribution in [3.05, 3.63) is 34.4 Å². The lowest BCUT2D eigenvalue weighted by Crippen LogP contribution is -2.39. The van der Waals surface area contributed by atoms with Crippen molar-refractivity contribution < 1.29 is 9.31 Å². The standard InChI is InChI=1S/C10H11FN2O2S/c11-10-7-16-6-5-12(10)8-3-1-2-4-9(8)13(14)15/h1-4,10H,5-7H2. The molecule has 0 aliphatic carbocycles. The summed E-state index contributed by atoms with van der Waals surface area (Å²) < 4.78 is 13.7. The number of nitrogens with zero attached hydrogens (tertiary/aromatic N) is 2. The Bertz CT molecular complexity index is 402. The fraction of sp³-hybridized carbons (Fsp3) is 0.400. The summed E-state index contributed by atoms with van der Waals surface area (Å²) in [5.41, 5.74) is 0.345. The molecule has 4 nitrogen and oxygen atoms in total. The molecule has 6 heteroatoms. The van der Waals surface area contributed by atoms with E-state index in [-0.39, 0.29) is 5.69 Å². The number of hydrogen-bond acceptors (Lipinski definition) is 4. The van der Waals surface area contributed by atoms with E-state index < -0.39 is 11.2 Å². The number of para-hydroxylation sites is 2. The van der Waals surface area contributed by atoms with Gasteiger partial charge in [0.05, 0.1) is 4.92 Å². The summed E-state index contributed by atoms with van der Waals surface area (Å²) in [4.78, 5) is 11.8. The van der Waals surface area contributed by atoms with E-state index in [2.05, 4.69) is 0 Å². The first kappa shape index (κ1) is 11.2. The zero-order chi connectivity index (χ0) is 11.5. The first-order chi connectivity index (χ1) is 7.70. The van der Waals surface area contributed by atoms with Gasteiger partial charge in [-0.3, -0.25) is 10.1 Å². The van der Waals surface area contributed by atoms with E-state index in [1.807, 2.05) is 0 Å². The average molecular weight is 242 g/mol. The van der Waals surface area contributed by atoms with Crippen LogP contribution in [0, 0.1) is 10.1 Å². The van der Waals surface area contributed by atoms with Crippen LogP contribution in [-0.2, 0) is 0 Å². The van der Waals surface area contributed by atoms with Gasteiger partial charge in [0.1, 0.15) is 5.69 Å². The molecule has 2 rings (SSSR count). The van der Waals surface area contributed by atoms with Crippen molar-refractivity contribution in [1.29, 1.82) is 0 Å². The molecule has 0 spiro atoms. The molecule has 1 fully saturated rings. The van der Waals surface area contributed by atoms with Gasteiger partial charge in [-0.1, -0.05) is 12.1 Å². The summed E-state index contributed by atoms with van der Waals surface area (Å²) in [6, 6.07) is 6.29. The average Bonchev–Trinajstić information content (AvgIpc) is 2.29. The van der Waals surface area contributed by atoms with Gasteiger partial charge in [0.2, 0.25) is 0 Å². The van der Waals surface area contributed by atoms with Crippen LogP contribution in [0.15, 0.2) is 24.3 Å². The molecule has 0 N–H and O–H groups in total. The Labute approximate surface area is 96.6 Å². The minimum Gasteiger partial charge on any atom is -0.335 e. The number of hydrogen-bond donors (Lipinski definition) is 0. The van der Waals surface area contributed by atoms with E-state index in [0.717, 1.165) is 5.75 Å². The van der Waals surface area contributed by atoms with Crippen LogP contribution in [-0.4, -0.2) is 29.3 Å². The normalized spacial score (nSPS) is 20.8. The number of nitro benzene ring substituents is 1. The SMILES string of the molecule is O=[N+]([O-])c1ccccc1N1CCSCC1F. The number of alkyl halides is 1. The van der Waals surface area contributed by atoms with Gasteiger partial charge in [-0.25, -0.2) is 4.39 Å². The summed E-state index contributed by atoms with van der Waals surface area (Å²) in [6.45, 7) is 0.511. The highest BCUT2D eigenvalue weighted by Crippen LogP contribution is 2.32. The van der Waals surface area contributed by atoms with Crippen molar-refractivity contribution in [3.8, 4) is 0 Å². The van der Waals surface area contributed by atoms with Crippen molar-refractivity contribution in [2.24, 2.45) is 0 Å². The molecule has 86 valence electrons. The van der Waals surface area contributed by atoms with E-state index in [1.54, 1.807) is 18.2 Å². The molecule has 1 atom stereocenters. The third kappa shape index (κ3) is 2.11. The first-order valence-electron chi connectivity index (χ1n) is 4.92. The zero-order valence-corrected chi connectivity index (χ0v) is 9.32. The molecular formula is C10H11FN2O2S. The van der Waals surface area contributed by atoms with E-state index in [1.165, 1.54) is 22.7 Å². The quantitative estimate of drug-likeness (QED) is 0.454. The van der Waals surface area contributed by atoms with Gasteiger partial charge in [0.25, 0.3) is 5.69 Å². The maximum absolute atomic E-state index is 13.7. The molecule has 1 aromatic rings. The second-order valence-electron chi connectivity index (χ2n) is 3.45. The third-order valence-electron chi connectivity index (χ3n) is 2.46. The zero-order valence-electron chi connectivity index (χ0n) is 8.51. The molecule has 0 radical (unpaired) electrons. The van der Waals surface area contributed by atoms with Crippen LogP contribution in [0.3, 0.4) is 0 Å². The van der Waals surface area contributed by atoms with Crippen LogP contribution in [0.25, 0.3) is 0 Å². The Morgan fingerprint density at radius 2 is 2.25 bits per heavy atom. The topological polar surface area (TPSA) is 46.4 Å². The lowest BCUT2D eigenvalue weighted by atomic mass is 10.2. The highest BCUT2D eigenvalue weighted by molar-refractivity contribution is 7.99. The summed E-state index contributed by atoms with van der Waals surface area (Å²) in [5.74, 6) is 1.17. The van der Waals surface area contributed by atoms with Gasteiger partial charge >= 0.3 is 0 Å².